The van der Waals surface area contributed by atoms with Crippen LogP contribution in [0.3, 0.4) is 0 Å². The highest BCUT2D eigenvalue weighted by atomic mass is 32.2. The van der Waals surface area contributed by atoms with Gasteiger partial charge in [0.2, 0.25) is 23.6 Å². The summed E-state index contributed by atoms with van der Waals surface area (Å²) in [5.74, 6) is -3.74. The van der Waals surface area contributed by atoms with Crippen LogP contribution < -0.4 is 27.4 Å². The van der Waals surface area contributed by atoms with Crippen LogP contribution in [0.2, 0.25) is 0 Å². The Hall–Kier alpha value is -4.36. The summed E-state index contributed by atoms with van der Waals surface area (Å²) in [6.45, 7) is 0. The van der Waals surface area contributed by atoms with Crippen molar-refractivity contribution >= 4 is 52.3 Å². The molecule has 0 aliphatic heterocycles. The van der Waals surface area contributed by atoms with E-state index in [0.717, 1.165) is 16.5 Å². The average Bonchev–Trinajstić information content (AvgIpc) is 3.37. The van der Waals surface area contributed by atoms with Gasteiger partial charge in [0, 0.05) is 29.9 Å². The van der Waals surface area contributed by atoms with Crippen LogP contribution in [-0.2, 0) is 36.8 Å². The van der Waals surface area contributed by atoms with Crippen molar-refractivity contribution in [3.63, 3.8) is 0 Å². The number of para-hydroxylation sites is 1. The number of hydrogen-bond donors (Lipinski definition) is 7. The summed E-state index contributed by atoms with van der Waals surface area (Å²) >= 11 is 1.53. The van der Waals surface area contributed by atoms with Crippen LogP contribution in [0.4, 0.5) is 0 Å². The Morgan fingerprint density at radius 2 is 1.48 bits per heavy atom. The van der Waals surface area contributed by atoms with Gasteiger partial charge in [-0.1, -0.05) is 48.5 Å². The molecule has 0 aliphatic carbocycles. The SMILES string of the molecule is CSCCC(N)C(=O)NC(Cc1ccccc1)C(=O)NC(CC(N)=O)C(=O)NC(Cc1c[nH]c2ccccc12)C(=O)O. The lowest BCUT2D eigenvalue weighted by Gasteiger charge is -2.25. The Morgan fingerprint density at radius 1 is 0.857 bits per heavy atom. The van der Waals surface area contributed by atoms with Crippen molar-refractivity contribution in [1.82, 2.24) is 20.9 Å². The fourth-order valence-corrected chi connectivity index (χ4v) is 4.88. The van der Waals surface area contributed by atoms with Crippen LogP contribution in [0, 0.1) is 0 Å². The standard InChI is InChI=1S/C29H36N6O6S/c1-42-12-11-20(30)26(37)33-22(13-17-7-3-2-4-8-17)27(38)34-23(15-25(31)36)28(39)35-24(29(40)41)14-18-16-32-21-10-6-5-9-19(18)21/h2-10,16,20,22-24,32H,11-15,30H2,1H3,(H2,31,36)(H,33,37)(H,34,38)(H,35,39)(H,40,41). The first-order chi connectivity index (χ1) is 20.1. The van der Waals surface area contributed by atoms with Crippen LogP contribution in [0.5, 0.6) is 0 Å². The van der Waals surface area contributed by atoms with Crippen molar-refractivity contribution in [3.05, 3.63) is 71.9 Å². The number of benzene rings is 2. The maximum Gasteiger partial charge on any atom is 0.326 e. The molecule has 0 saturated heterocycles. The zero-order valence-electron chi connectivity index (χ0n) is 23.2. The van der Waals surface area contributed by atoms with E-state index in [-0.39, 0.29) is 12.8 Å². The van der Waals surface area contributed by atoms with Crippen molar-refractivity contribution in [2.24, 2.45) is 11.5 Å². The van der Waals surface area contributed by atoms with Crippen LogP contribution in [0.1, 0.15) is 24.0 Å². The molecule has 4 unspecified atom stereocenters. The molecule has 1 aromatic heterocycles. The number of aliphatic carboxylic acids is 1. The van der Waals surface area contributed by atoms with E-state index >= 15 is 0 Å². The van der Waals surface area contributed by atoms with Crippen molar-refractivity contribution in [1.29, 1.82) is 0 Å². The molecule has 0 aliphatic rings. The fourth-order valence-electron chi connectivity index (χ4n) is 4.39. The number of aromatic amines is 1. The molecule has 0 fully saturated rings. The number of amides is 4. The second kappa shape index (κ2) is 15.6. The first-order valence-electron chi connectivity index (χ1n) is 13.3. The molecule has 3 rings (SSSR count). The molecule has 0 spiro atoms. The number of aromatic nitrogens is 1. The van der Waals surface area contributed by atoms with Gasteiger partial charge in [0.1, 0.15) is 18.1 Å². The minimum atomic E-state index is -1.49. The lowest BCUT2D eigenvalue weighted by Crippen LogP contribution is -2.58. The zero-order chi connectivity index (χ0) is 30.6. The van der Waals surface area contributed by atoms with Crippen LogP contribution in [0.15, 0.2) is 60.8 Å². The molecule has 13 heteroatoms. The summed E-state index contributed by atoms with van der Waals surface area (Å²) in [6.07, 6.45) is 3.38. The molecule has 2 aromatic carbocycles. The molecule has 9 N–H and O–H groups in total. The molecule has 224 valence electrons. The van der Waals surface area contributed by atoms with Gasteiger partial charge in [-0.25, -0.2) is 4.79 Å². The number of nitrogens with one attached hydrogen (secondary N) is 4. The Labute approximate surface area is 247 Å². The summed E-state index contributed by atoms with van der Waals surface area (Å²) in [6, 6.07) is 11.4. The number of H-pyrrole nitrogens is 1. The maximum atomic E-state index is 13.4. The number of thioether (sulfide) groups is 1. The van der Waals surface area contributed by atoms with Crippen molar-refractivity contribution in [2.75, 3.05) is 12.0 Å². The smallest absolute Gasteiger partial charge is 0.326 e. The van der Waals surface area contributed by atoms with Crippen molar-refractivity contribution in [2.45, 2.75) is 49.9 Å². The number of fused-ring (bicyclic) bond motifs is 1. The molecule has 0 bridgehead atoms. The first-order valence-corrected chi connectivity index (χ1v) is 14.7. The molecule has 42 heavy (non-hydrogen) atoms. The van der Waals surface area contributed by atoms with E-state index in [1.165, 1.54) is 11.8 Å². The van der Waals surface area contributed by atoms with Gasteiger partial charge in [-0.05, 0) is 35.6 Å². The van der Waals surface area contributed by atoms with Gasteiger partial charge in [-0.3, -0.25) is 19.2 Å². The number of primary amides is 1. The number of carbonyl (C=O) groups is 5. The Balaban J connectivity index is 1.77. The van der Waals surface area contributed by atoms with E-state index < -0.39 is 60.2 Å². The van der Waals surface area contributed by atoms with Gasteiger partial charge >= 0.3 is 5.97 Å². The second-order valence-corrected chi connectivity index (χ2v) is 10.8. The molecule has 1 heterocycles. The number of nitrogens with two attached hydrogens (primary N) is 2. The topological polar surface area (TPSA) is 209 Å². The molecular formula is C29H36N6O6S. The van der Waals surface area contributed by atoms with Crippen molar-refractivity contribution in [3.8, 4) is 0 Å². The highest BCUT2D eigenvalue weighted by Gasteiger charge is 2.31. The first kappa shape index (κ1) is 32.2. The predicted molar refractivity (Wildman–Crippen MR) is 160 cm³/mol. The Kier molecular flexibility index (Phi) is 11.9. The average molecular weight is 597 g/mol. The van der Waals surface area contributed by atoms with E-state index in [9.17, 15) is 29.1 Å². The van der Waals surface area contributed by atoms with Gasteiger partial charge in [-0.2, -0.15) is 11.8 Å². The quantitative estimate of drug-likeness (QED) is 0.123. The Morgan fingerprint density at radius 3 is 2.14 bits per heavy atom. The lowest BCUT2D eigenvalue weighted by molar-refractivity contribution is -0.142. The highest BCUT2D eigenvalue weighted by molar-refractivity contribution is 7.98. The summed E-state index contributed by atoms with van der Waals surface area (Å²) in [5, 5.41) is 18.2. The molecule has 0 radical (unpaired) electrons. The largest absolute Gasteiger partial charge is 0.480 e. The number of carboxylic acid groups (broad SMARTS) is 1. The molecule has 4 atom stereocenters. The molecule has 0 saturated carbocycles. The van der Waals surface area contributed by atoms with Gasteiger partial charge in [0.05, 0.1) is 12.5 Å². The molecule has 4 amide bonds. The number of hydrogen-bond acceptors (Lipinski definition) is 7. The summed E-state index contributed by atoms with van der Waals surface area (Å²) in [4.78, 5) is 66.4. The van der Waals surface area contributed by atoms with E-state index in [1.807, 2.05) is 30.5 Å². The Bertz CT molecular complexity index is 1400. The summed E-state index contributed by atoms with van der Waals surface area (Å²) in [5.41, 5.74) is 13.6. The molecule has 12 nitrogen and oxygen atoms in total. The van der Waals surface area contributed by atoms with Crippen LogP contribution in [0.25, 0.3) is 10.9 Å². The summed E-state index contributed by atoms with van der Waals surface area (Å²) < 4.78 is 0. The zero-order valence-corrected chi connectivity index (χ0v) is 24.0. The van der Waals surface area contributed by atoms with E-state index in [4.69, 9.17) is 11.5 Å². The third kappa shape index (κ3) is 9.35. The van der Waals surface area contributed by atoms with Crippen LogP contribution >= 0.6 is 11.8 Å². The predicted octanol–water partition coefficient (Wildman–Crippen LogP) is 0.448. The van der Waals surface area contributed by atoms with Gasteiger partial charge in [-0.15, -0.1) is 0 Å². The number of carbonyl (C=O) groups excluding carboxylic acids is 4. The minimum absolute atomic E-state index is 0.0526. The third-order valence-electron chi connectivity index (χ3n) is 6.64. The number of carboxylic acids is 1. The maximum absolute atomic E-state index is 13.4. The van der Waals surface area contributed by atoms with E-state index in [2.05, 4.69) is 20.9 Å². The monoisotopic (exact) mass is 596 g/mol. The van der Waals surface area contributed by atoms with Gasteiger partial charge in [0.25, 0.3) is 0 Å². The summed E-state index contributed by atoms with van der Waals surface area (Å²) in [7, 11) is 0. The third-order valence-corrected chi connectivity index (χ3v) is 7.28. The van der Waals surface area contributed by atoms with Crippen LogP contribution in [-0.4, -0.2) is 75.9 Å². The minimum Gasteiger partial charge on any atom is -0.480 e. The van der Waals surface area contributed by atoms with E-state index in [0.29, 0.717) is 17.7 Å². The van der Waals surface area contributed by atoms with Gasteiger partial charge < -0.3 is 37.5 Å². The van der Waals surface area contributed by atoms with Gasteiger partial charge in [0.15, 0.2) is 0 Å². The van der Waals surface area contributed by atoms with Crippen molar-refractivity contribution < 1.29 is 29.1 Å². The highest BCUT2D eigenvalue weighted by Crippen LogP contribution is 2.19. The fraction of sp³-hybridized carbons (Fsp3) is 0.345. The van der Waals surface area contributed by atoms with E-state index in [1.54, 1.807) is 36.5 Å². The molecular weight excluding hydrogens is 560 g/mol. The lowest BCUT2D eigenvalue weighted by atomic mass is 10.0. The second-order valence-electron chi connectivity index (χ2n) is 9.83. The number of rotatable bonds is 16. The molecule has 3 aromatic rings. The normalized spacial score (nSPS) is 13.9.